The molecule has 1 aliphatic heterocycles. The lowest BCUT2D eigenvalue weighted by molar-refractivity contribution is 0.169. The second kappa shape index (κ2) is 3.42. The zero-order valence-corrected chi connectivity index (χ0v) is 9.41. The van der Waals surface area contributed by atoms with E-state index in [2.05, 4.69) is 0 Å². The lowest BCUT2D eigenvalue weighted by atomic mass is 9.93. The normalized spacial score (nSPS) is 25.5. The topological polar surface area (TPSA) is 29.5 Å². The van der Waals surface area contributed by atoms with Gasteiger partial charge in [0.25, 0.3) is 0 Å². The molecule has 2 rings (SSSR count). The number of rotatable bonds is 1. The van der Waals surface area contributed by atoms with Gasteiger partial charge in [0.2, 0.25) is 0 Å². The van der Waals surface area contributed by atoms with E-state index in [0.717, 1.165) is 9.98 Å². The molecule has 0 radical (unpaired) electrons. The molecule has 0 aliphatic carbocycles. The molecule has 80 valence electrons. The van der Waals surface area contributed by atoms with E-state index in [0.29, 0.717) is 6.61 Å². The third kappa shape index (κ3) is 1.57. The fraction of sp³-hybridized carbons (Fsp3) is 0.364. The van der Waals surface area contributed by atoms with Crippen molar-refractivity contribution >= 4 is 17.9 Å². The van der Waals surface area contributed by atoms with E-state index >= 15 is 0 Å². The number of carbonyl (C=O) groups is 1. The van der Waals surface area contributed by atoms with Crippen LogP contribution in [0.25, 0.3) is 0 Å². The highest BCUT2D eigenvalue weighted by Gasteiger charge is 2.44. The van der Waals surface area contributed by atoms with Crippen LogP contribution in [-0.2, 0) is 10.3 Å². The van der Waals surface area contributed by atoms with Crippen LogP contribution < -0.4 is 0 Å². The zero-order valence-electron chi connectivity index (χ0n) is 8.66. The maximum atomic E-state index is 11.2. The molecule has 0 aromatic heterocycles. The Morgan fingerprint density at radius 3 is 2.47 bits per heavy atom. The van der Waals surface area contributed by atoms with Crippen molar-refractivity contribution in [3.63, 3.8) is 0 Å². The van der Waals surface area contributed by atoms with Crippen LogP contribution in [0.2, 0.25) is 0 Å². The van der Waals surface area contributed by atoms with Gasteiger partial charge < -0.3 is 4.74 Å². The summed E-state index contributed by atoms with van der Waals surface area (Å²) < 4.78 is 6.04. The first-order valence-electron chi connectivity index (χ1n) is 4.74. The van der Waals surface area contributed by atoms with Crippen molar-refractivity contribution in [3.05, 3.63) is 35.4 Å². The van der Waals surface area contributed by atoms with Crippen LogP contribution in [-0.4, -0.2) is 17.1 Å². The second-order valence-electron chi connectivity index (χ2n) is 3.98. The Morgan fingerprint density at radius 2 is 2.00 bits per heavy atom. The molecule has 0 N–H and O–H groups in total. The van der Waals surface area contributed by atoms with Gasteiger partial charge in [0.15, 0.2) is 0 Å². The summed E-state index contributed by atoms with van der Waals surface area (Å²) in [5.41, 5.74) is 1.59. The second-order valence-corrected chi connectivity index (χ2v) is 4.31. The molecule has 1 heterocycles. The summed E-state index contributed by atoms with van der Waals surface area (Å²) in [6.45, 7) is 4.19. The van der Waals surface area contributed by atoms with Crippen LogP contribution in [0.15, 0.2) is 24.3 Å². The van der Waals surface area contributed by atoms with Crippen LogP contribution >= 0.6 is 11.8 Å². The van der Waals surface area contributed by atoms with E-state index in [-0.39, 0.29) is 0 Å². The number of hydrogen-bond donors (Lipinski definition) is 0. The molecule has 1 atom stereocenters. The number of ether oxygens (including phenoxy) is 1. The lowest BCUT2D eigenvalue weighted by Crippen LogP contribution is -2.35. The Balaban J connectivity index is 2.38. The molecular weight excluding hydrogens is 214 g/mol. The van der Waals surface area contributed by atoms with Crippen molar-refractivity contribution in [1.29, 1.82) is 0 Å². The van der Waals surface area contributed by atoms with Gasteiger partial charge in [-0.3, -0.25) is 0 Å². The maximum Gasteiger partial charge on any atom is 0.425 e. The number of halogens is 1. The zero-order chi connectivity index (χ0) is 11.1. The molecule has 1 aromatic carbocycles. The third-order valence-electron chi connectivity index (χ3n) is 2.74. The summed E-state index contributed by atoms with van der Waals surface area (Å²) in [5.74, 6) is 0. The number of carbonyl (C=O) groups excluding carboxylic acids is 1. The van der Waals surface area contributed by atoms with Crippen molar-refractivity contribution in [2.24, 2.45) is 0 Å². The van der Waals surface area contributed by atoms with Gasteiger partial charge in [-0.25, -0.2) is 9.21 Å². The molecule has 1 aromatic rings. The van der Waals surface area contributed by atoms with E-state index in [1.807, 2.05) is 38.1 Å². The van der Waals surface area contributed by atoms with Gasteiger partial charge in [0.05, 0.1) is 0 Å². The fourth-order valence-corrected chi connectivity index (χ4v) is 1.82. The van der Waals surface area contributed by atoms with E-state index in [4.69, 9.17) is 16.5 Å². The van der Waals surface area contributed by atoms with Crippen molar-refractivity contribution in [1.82, 2.24) is 4.42 Å². The minimum Gasteiger partial charge on any atom is -0.446 e. The molecule has 15 heavy (non-hydrogen) atoms. The monoisotopic (exact) mass is 225 g/mol. The Morgan fingerprint density at radius 1 is 1.40 bits per heavy atom. The van der Waals surface area contributed by atoms with Crippen molar-refractivity contribution in [2.75, 3.05) is 6.61 Å². The Kier molecular flexibility index (Phi) is 2.35. The minimum absolute atomic E-state index is 0.290. The van der Waals surface area contributed by atoms with E-state index < -0.39 is 11.6 Å². The van der Waals surface area contributed by atoms with Crippen LogP contribution in [0, 0.1) is 6.92 Å². The first-order chi connectivity index (χ1) is 7.04. The summed E-state index contributed by atoms with van der Waals surface area (Å²) in [5, 5.41) is 0. The van der Waals surface area contributed by atoms with E-state index in [1.165, 1.54) is 5.56 Å². The van der Waals surface area contributed by atoms with Crippen LogP contribution in [0.1, 0.15) is 18.1 Å². The fourth-order valence-electron chi connectivity index (χ4n) is 1.63. The quantitative estimate of drug-likeness (QED) is 0.688. The summed E-state index contributed by atoms with van der Waals surface area (Å²) in [6.07, 6.45) is -0.486. The number of benzene rings is 1. The third-order valence-corrected chi connectivity index (χ3v) is 3.25. The first-order valence-corrected chi connectivity index (χ1v) is 5.08. The van der Waals surface area contributed by atoms with Gasteiger partial charge in [-0.1, -0.05) is 29.8 Å². The molecule has 1 saturated heterocycles. The first kappa shape index (κ1) is 10.3. The Bertz CT molecular complexity index is 390. The highest BCUT2D eigenvalue weighted by Crippen LogP contribution is 2.35. The predicted molar refractivity (Wildman–Crippen MR) is 57.6 cm³/mol. The molecule has 1 fully saturated rings. The van der Waals surface area contributed by atoms with Gasteiger partial charge in [0, 0.05) is 11.8 Å². The Hall–Kier alpha value is -1.22. The van der Waals surface area contributed by atoms with Crippen molar-refractivity contribution in [2.45, 2.75) is 19.4 Å². The van der Waals surface area contributed by atoms with Crippen LogP contribution in [0.4, 0.5) is 4.79 Å². The summed E-state index contributed by atoms with van der Waals surface area (Å²) in [4.78, 5) is 11.2. The van der Waals surface area contributed by atoms with Gasteiger partial charge in [-0.15, -0.1) is 0 Å². The average molecular weight is 226 g/mol. The average Bonchev–Trinajstić information content (AvgIpc) is 2.48. The number of nitrogens with zero attached hydrogens (tertiary/aromatic N) is 1. The van der Waals surface area contributed by atoms with Crippen LogP contribution in [0.5, 0.6) is 0 Å². The molecule has 3 nitrogen and oxygen atoms in total. The summed E-state index contributed by atoms with van der Waals surface area (Å²) in [6, 6.07) is 7.92. The molecule has 1 amide bonds. The van der Waals surface area contributed by atoms with E-state index in [9.17, 15) is 4.79 Å². The van der Waals surface area contributed by atoms with Crippen molar-refractivity contribution in [3.8, 4) is 0 Å². The molecule has 0 spiro atoms. The predicted octanol–water partition coefficient (Wildman–Crippen LogP) is 2.82. The standard InChI is InChI=1S/C11H12ClNO2/c1-8-3-5-9(6-4-8)11(2)7-15-10(14)13(11)12/h3-6H,7H2,1-2H3. The molecular formula is C11H12ClNO2. The Labute approximate surface area is 93.7 Å². The van der Waals surface area contributed by atoms with Gasteiger partial charge in [-0.05, 0) is 19.4 Å². The van der Waals surface area contributed by atoms with E-state index in [1.54, 1.807) is 0 Å². The number of amides is 1. The molecule has 1 unspecified atom stereocenters. The molecule has 1 aliphatic rings. The van der Waals surface area contributed by atoms with Gasteiger partial charge in [0.1, 0.15) is 12.1 Å². The number of hydrogen-bond acceptors (Lipinski definition) is 2. The highest BCUT2D eigenvalue weighted by molar-refractivity contribution is 6.21. The number of aryl methyl sites for hydroxylation is 1. The molecule has 0 saturated carbocycles. The minimum atomic E-state index is -0.563. The van der Waals surface area contributed by atoms with Crippen LogP contribution in [0.3, 0.4) is 0 Å². The SMILES string of the molecule is Cc1ccc(C2(C)COC(=O)N2Cl)cc1. The molecule has 0 bridgehead atoms. The smallest absolute Gasteiger partial charge is 0.425 e. The lowest BCUT2D eigenvalue weighted by Gasteiger charge is -2.26. The summed E-state index contributed by atoms with van der Waals surface area (Å²) >= 11 is 5.90. The molecule has 4 heteroatoms. The maximum absolute atomic E-state index is 11.2. The van der Waals surface area contributed by atoms with Gasteiger partial charge >= 0.3 is 6.09 Å². The largest absolute Gasteiger partial charge is 0.446 e. The number of cyclic esters (lactones) is 1. The highest BCUT2D eigenvalue weighted by atomic mass is 35.5. The van der Waals surface area contributed by atoms with Gasteiger partial charge in [-0.2, -0.15) is 0 Å². The van der Waals surface area contributed by atoms with Crippen molar-refractivity contribution < 1.29 is 9.53 Å². The summed E-state index contributed by atoms with van der Waals surface area (Å²) in [7, 11) is 0.